The number of hydrogen-bond donors (Lipinski definition) is 1. The fourth-order valence-electron chi connectivity index (χ4n) is 1.25. The van der Waals surface area contributed by atoms with Crippen molar-refractivity contribution in [2.45, 2.75) is 26.4 Å². The minimum Gasteiger partial charge on any atom is -0.495 e. The third-order valence-electron chi connectivity index (χ3n) is 2.06. The maximum Gasteiger partial charge on any atom is 0.408 e. The number of rotatable bonds is 4. The van der Waals surface area contributed by atoms with Gasteiger partial charge in [-0.15, -0.1) is 0 Å². The number of carbonyl (C=O) groups excluding carboxylic acids is 2. The number of ketones is 1. The molecule has 19 heavy (non-hydrogen) atoms. The van der Waals surface area contributed by atoms with Crippen molar-refractivity contribution in [3.63, 3.8) is 0 Å². The highest BCUT2D eigenvalue weighted by atomic mass is 16.6. The molecule has 0 aliphatic rings. The quantitative estimate of drug-likeness (QED) is 0.841. The lowest BCUT2D eigenvalue weighted by molar-refractivity contribution is 0.0520. The molecule has 0 spiro atoms. The van der Waals surface area contributed by atoms with Gasteiger partial charge in [-0.3, -0.25) is 9.78 Å². The number of aromatic nitrogens is 1. The minimum atomic E-state index is -0.628. The molecule has 1 N–H and O–H groups in total. The van der Waals surface area contributed by atoms with Crippen molar-refractivity contribution in [1.82, 2.24) is 10.3 Å². The second-order valence-corrected chi connectivity index (χ2v) is 4.89. The Morgan fingerprint density at radius 1 is 1.32 bits per heavy atom. The van der Waals surface area contributed by atoms with Gasteiger partial charge in [0.15, 0.2) is 5.78 Å². The lowest BCUT2D eigenvalue weighted by atomic mass is 10.2. The van der Waals surface area contributed by atoms with Crippen LogP contribution in [-0.2, 0) is 4.74 Å². The highest BCUT2D eigenvalue weighted by molar-refractivity contribution is 5.98. The minimum absolute atomic E-state index is 0.149. The molecular weight excluding hydrogens is 248 g/mol. The summed E-state index contributed by atoms with van der Waals surface area (Å²) in [6.45, 7) is 5.10. The van der Waals surface area contributed by atoms with Crippen LogP contribution in [0.25, 0.3) is 0 Å². The van der Waals surface area contributed by atoms with Gasteiger partial charge in [0.25, 0.3) is 0 Å². The predicted molar refractivity (Wildman–Crippen MR) is 69.4 cm³/mol. The number of methoxy groups -OCH3 is 1. The third kappa shape index (κ3) is 5.37. The van der Waals surface area contributed by atoms with Crippen molar-refractivity contribution in [2.75, 3.05) is 13.7 Å². The zero-order chi connectivity index (χ0) is 14.5. The number of nitrogens with zero attached hydrogens (tertiary/aromatic N) is 1. The normalized spacial score (nSPS) is 10.7. The smallest absolute Gasteiger partial charge is 0.408 e. The Balaban J connectivity index is 2.53. The van der Waals surface area contributed by atoms with Crippen molar-refractivity contribution in [3.8, 4) is 5.75 Å². The van der Waals surface area contributed by atoms with Crippen LogP contribution < -0.4 is 10.1 Å². The predicted octanol–water partition coefficient (Wildman–Crippen LogP) is 1.80. The molecule has 1 heterocycles. The van der Waals surface area contributed by atoms with Crippen molar-refractivity contribution < 1.29 is 19.1 Å². The average molecular weight is 266 g/mol. The summed E-state index contributed by atoms with van der Waals surface area (Å²) in [6.07, 6.45) is 2.29. The van der Waals surface area contributed by atoms with Crippen LogP contribution in [-0.4, -0.2) is 36.1 Å². The molecule has 0 radical (unpaired) electrons. The molecule has 0 saturated carbocycles. The van der Waals surface area contributed by atoms with Crippen LogP contribution in [0.2, 0.25) is 0 Å². The molecule has 0 unspecified atom stereocenters. The van der Waals surface area contributed by atoms with Gasteiger partial charge in [-0.2, -0.15) is 0 Å². The summed E-state index contributed by atoms with van der Waals surface area (Å²) in [7, 11) is 1.49. The summed E-state index contributed by atoms with van der Waals surface area (Å²) in [6, 6.07) is 1.56. The van der Waals surface area contributed by atoms with Crippen molar-refractivity contribution >= 4 is 11.9 Å². The summed E-state index contributed by atoms with van der Waals surface area (Å²) in [5, 5.41) is 2.40. The van der Waals surface area contributed by atoms with E-state index >= 15 is 0 Å². The van der Waals surface area contributed by atoms with Crippen molar-refractivity contribution in [2.24, 2.45) is 0 Å². The molecule has 104 valence electrons. The van der Waals surface area contributed by atoms with Gasteiger partial charge < -0.3 is 14.8 Å². The molecule has 1 aromatic heterocycles. The monoisotopic (exact) mass is 266 g/mol. The molecule has 0 fully saturated rings. The molecule has 6 heteroatoms. The molecule has 6 nitrogen and oxygen atoms in total. The summed E-state index contributed by atoms with van der Waals surface area (Å²) in [4.78, 5) is 27.1. The van der Waals surface area contributed by atoms with Crippen molar-refractivity contribution in [1.29, 1.82) is 0 Å². The van der Waals surface area contributed by atoms with Crippen LogP contribution in [0.1, 0.15) is 31.1 Å². The average Bonchev–Trinajstić information content (AvgIpc) is 2.34. The summed E-state index contributed by atoms with van der Waals surface area (Å²) in [5.74, 6) is 0.223. The molecule has 1 aromatic rings. The Kier molecular flexibility index (Phi) is 4.86. The number of pyridine rings is 1. The molecule has 0 aromatic carbocycles. The number of nitrogens with one attached hydrogen (secondary N) is 1. The van der Waals surface area contributed by atoms with E-state index in [-0.39, 0.29) is 12.3 Å². The number of amides is 1. The van der Waals surface area contributed by atoms with Crippen molar-refractivity contribution in [3.05, 3.63) is 24.0 Å². The van der Waals surface area contributed by atoms with E-state index in [0.29, 0.717) is 11.3 Å². The topological polar surface area (TPSA) is 77.5 Å². The van der Waals surface area contributed by atoms with Crippen LogP contribution in [0.5, 0.6) is 5.75 Å². The maximum absolute atomic E-state index is 11.8. The first-order valence-corrected chi connectivity index (χ1v) is 5.81. The molecule has 1 amide bonds. The summed E-state index contributed by atoms with van der Waals surface area (Å²) >= 11 is 0. The van der Waals surface area contributed by atoms with E-state index in [1.807, 2.05) is 0 Å². The Bertz CT molecular complexity index is 466. The van der Waals surface area contributed by atoms with Gasteiger partial charge in [-0.25, -0.2) is 4.79 Å². The standard InChI is InChI=1S/C13H18N2O4/c1-13(2,3)19-12(17)15-8-11(16)9-5-10(18-4)7-14-6-9/h5-7H,8H2,1-4H3,(H,15,17). The maximum atomic E-state index is 11.8. The van der Waals surface area contributed by atoms with E-state index in [1.54, 1.807) is 26.8 Å². The molecule has 1 rings (SSSR count). The largest absolute Gasteiger partial charge is 0.495 e. The van der Waals surface area contributed by atoms with Gasteiger partial charge in [0, 0.05) is 11.8 Å². The van der Waals surface area contributed by atoms with Gasteiger partial charge in [-0.1, -0.05) is 0 Å². The number of Topliss-reactive ketones (excluding diaryl/α,β-unsaturated/α-hetero) is 1. The lowest BCUT2D eigenvalue weighted by Crippen LogP contribution is -2.35. The zero-order valence-corrected chi connectivity index (χ0v) is 11.5. The first-order valence-electron chi connectivity index (χ1n) is 5.81. The summed E-state index contributed by atoms with van der Waals surface area (Å²) in [5.41, 5.74) is -0.222. The Labute approximate surface area is 112 Å². The number of ether oxygens (including phenoxy) is 2. The van der Waals surface area contributed by atoms with E-state index in [1.165, 1.54) is 19.5 Å². The van der Waals surface area contributed by atoms with Crippen LogP contribution in [0.3, 0.4) is 0 Å². The van der Waals surface area contributed by atoms with Gasteiger partial charge in [0.2, 0.25) is 0 Å². The second kappa shape index (κ2) is 6.17. The molecule has 0 atom stereocenters. The van der Waals surface area contributed by atoms with Crippen LogP contribution >= 0.6 is 0 Å². The molecule has 0 bridgehead atoms. The van der Waals surface area contributed by atoms with Gasteiger partial charge >= 0.3 is 6.09 Å². The zero-order valence-electron chi connectivity index (χ0n) is 11.5. The van der Waals surface area contributed by atoms with E-state index in [4.69, 9.17) is 9.47 Å². The van der Waals surface area contributed by atoms with Crippen LogP contribution in [0.4, 0.5) is 4.79 Å². The second-order valence-electron chi connectivity index (χ2n) is 4.89. The highest BCUT2D eigenvalue weighted by Crippen LogP contribution is 2.10. The van der Waals surface area contributed by atoms with Gasteiger partial charge in [0.1, 0.15) is 11.4 Å². The Morgan fingerprint density at radius 2 is 2.00 bits per heavy atom. The first-order chi connectivity index (χ1) is 8.81. The first kappa shape index (κ1) is 14.9. The number of carbonyl (C=O) groups is 2. The fourth-order valence-corrected chi connectivity index (χ4v) is 1.25. The third-order valence-corrected chi connectivity index (χ3v) is 2.06. The van der Waals surface area contributed by atoms with Crippen LogP contribution in [0.15, 0.2) is 18.5 Å². The number of alkyl carbamates (subject to hydrolysis) is 1. The number of hydrogen-bond acceptors (Lipinski definition) is 5. The Hall–Kier alpha value is -2.11. The molecule has 0 aliphatic carbocycles. The molecular formula is C13H18N2O4. The molecule has 0 saturated heterocycles. The fraction of sp³-hybridized carbons (Fsp3) is 0.462. The highest BCUT2D eigenvalue weighted by Gasteiger charge is 2.17. The van der Waals surface area contributed by atoms with E-state index in [0.717, 1.165) is 0 Å². The van der Waals surface area contributed by atoms with Crippen LogP contribution in [0, 0.1) is 0 Å². The van der Waals surface area contributed by atoms with E-state index < -0.39 is 11.7 Å². The summed E-state index contributed by atoms with van der Waals surface area (Å²) < 4.78 is 10.00. The van der Waals surface area contributed by atoms with E-state index in [9.17, 15) is 9.59 Å². The Morgan fingerprint density at radius 3 is 2.58 bits per heavy atom. The van der Waals surface area contributed by atoms with Gasteiger partial charge in [-0.05, 0) is 26.8 Å². The SMILES string of the molecule is COc1cncc(C(=O)CNC(=O)OC(C)(C)C)c1. The van der Waals surface area contributed by atoms with Gasteiger partial charge in [0.05, 0.1) is 19.9 Å². The lowest BCUT2D eigenvalue weighted by Gasteiger charge is -2.19. The van der Waals surface area contributed by atoms with E-state index in [2.05, 4.69) is 10.3 Å². The molecule has 0 aliphatic heterocycles.